The molecular formula is C13H17ClN2O4S. The molecule has 6 nitrogen and oxygen atoms in total. The van der Waals surface area contributed by atoms with E-state index in [1.807, 2.05) is 0 Å². The van der Waals surface area contributed by atoms with Crippen LogP contribution in [0.4, 0.5) is 0 Å². The monoisotopic (exact) mass is 332 g/mol. The van der Waals surface area contributed by atoms with E-state index >= 15 is 0 Å². The smallest absolute Gasteiger partial charge is 0.252 e. The Labute approximate surface area is 128 Å². The molecule has 0 heterocycles. The van der Waals surface area contributed by atoms with Gasteiger partial charge in [-0.1, -0.05) is 11.6 Å². The molecule has 0 bridgehead atoms. The largest absolute Gasteiger partial charge is 0.376 e. The van der Waals surface area contributed by atoms with Crippen LogP contribution in [0, 0.1) is 0 Å². The van der Waals surface area contributed by atoms with Gasteiger partial charge in [0.15, 0.2) is 0 Å². The third-order valence-corrected chi connectivity index (χ3v) is 5.02. The highest BCUT2D eigenvalue weighted by Gasteiger charge is 2.37. The van der Waals surface area contributed by atoms with Crippen LogP contribution < -0.4 is 10.5 Å². The summed E-state index contributed by atoms with van der Waals surface area (Å²) < 4.78 is 28.0. The quantitative estimate of drug-likeness (QED) is 0.848. The van der Waals surface area contributed by atoms with Gasteiger partial charge in [0.05, 0.1) is 21.1 Å². The van der Waals surface area contributed by atoms with Gasteiger partial charge in [0.25, 0.3) is 5.91 Å². The number of primary sulfonamides is 1. The third kappa shape index (κ3) is 3.55. The topological polar surface area (TPSA) is 98.5 Å². The Morgan fingerprint density at radius 2 is 2.14 bits per heavy atom. The number of sulfonamides is 1. The SMILES string of the molecule is COC1(CNC(=O)c2cc(S(N)(=O)=O)ccc2Cl)CCC1. The Morgan fingerprint density at radius 3 is 2.62 bits per heavy atom. The van der Waals surface area contributed by atoms with Crippen molar-refractivity contribution in [2.24, 2.45) is 5.14 Å². The van der Waals surface area contributed by atoms with E-state index in [1.165, 1.54) is 18.2 Å². The summed E-state index contributed by atoms with van der Waals surface area (Å²) in [6.45, 7) is 0.359. The molecule has 2 rings (SSSR count). The van der Waals surface area contributed by atoms with Gasteiger partial charge < -0.3 is 10.1 Å². The number of benzene rings is 1. The predicted octanol–water partition coefficient (Wildman–Crippen LogP) is 1.29. The molecular weight excluding hydrogens is 316 g/mol. The standard InChI is InChI=1S/C13H17ClN2O4S/c1-20-13(5-2-6-13)8-16-12(17)10-7-9(21(15,18)19)3-4-11(10)14/h3-4,7H,2,5-6,8H2,1H3,(H,16,17)(H2,15,18,19). The second kappa shape index (κ2) is 5.92. The van der Waals surface area contributed by atoms with Gasteiger partial charge in [-0.05, 0) is 37.5 Å². The van der Waals surface area contributed by atoms with E-state index in [1.54, 1.807) is 7.11 Å². The third-order valence-electron chi connectivity index (χ3n) is 3.78. The Balaban J connectivity index is 2.15. The van der Waals surface area contributed by atoms with Crippen molar-refractivity contribution in [1.82, 2.24) is 5.32 Å². The molecule has 116 valence electrons. The summed E-state index contributed by atoms with van der Waals surface area (Å²) in [5.74, 6) is -0.450. The van der Waals surface area contributed by atoms with Crippen molar-refractivity contribution in [2.75, 3.05) is 13.7 Å². The lowest BCUT2D eigenvalue weighted by Crippen LogP contribution is -2.49. The molecule has 0 aliphatic heterocycles. The van der Waals surface area contributed by atoms with Gasteiger partial charge in [-0.2, -0.15) is 0 Å². The Hall–Kier alpha value is -1.15. The van der Waals surface area contributed by atoms with Crippen molar-refractivity contribution >= 4 is 27.5 Å². The van der Waals surface area contributed by atoms with Crippen LogP contribution in [-0.4, -0.2) is 33.6 Å². The highest BCUT2D eigenvalue weighted by Crippen LogP contribution is 2.34. The van der Waals surface area contributed by atoms with Gasteiger partial charge in [-0.25, -0.2) is 13.6 Å². The van der Waals surface area contributed by atoms with Crippen molar-refractivity contribution < 1.29 is 17.9 Å². The molecule has 1 aliphatic rings. The van der Waals surface area contributed by atoms with Crippen LogP contribution in [0.3, 0.4) is 0 Å². The van der Waals surface area contributed by atoms with Crippen LogP contribution in [0.25, 0.3) is 0 Å². The summed E-state index contributed by atoms with van der Waals surface area (Å²) in [5, 5.41) is 7.94. The van der Waals surface area contributed by atoms with Gasteiger partial charge >= 0.3 is 0 Å². The maximum absolute atomic E-state index is 12.2. The molecule has 21 heavy (non-hydrogen) atoms. The van der Waals surface area contributed by atoms with Gasteiger partial charge in [0, 0.05) is 13.7 Å². The fourth-order valence-corrected chi connectivity index (χ4v) is 2.96. The number of amides is 1. The number of halogens is 1. The number of carbonyl (C=O) groups is 1. The van der Waals surface area contributed by atoms with Crippen molar-refractivity contribution in [1.29, 1.82) is 0 Å². The first-order valence-corrected chi connectivity index (χ1v) is 8.36. The molecule has 0 saturated heterocycles. The number of nitrogens with one attached hydrogen (secondary N) is 1. The fourth-order valence-electron chi connectivity index (χ4n) is 2.22. The average Bonchev–Trinajstić information content (AvgIpc) is 2.36. The van der Waals surface area contributed by atoms with Crippen molar-refractivity contribution in [3.8, 4) is 0 Å². The van der Waals surface area contributed by atoms with E-state index in [-0.39, 0.29) is 21.1 Å². The molecule has 0 radical (unpaired) electrons. The number of nitrogens with two attached hydrogens (primary N) is 1. The molecule has 1 fully saturated rings. The molecule has 1 aromatic rings. The van der Waals surface area contributed by atoms with Gasteiger partial charge in [0.1, 0.15) is 0 Å². The highest BCUT2D eigenvalue weighted by atomic mass is 35.5. The molecule has 0 aromatic heterocycles. The summed E-state index contributed by atoms with van der Waals surface area (Å²) in [5.41, 5.74) is -0.242. The van der Waals surface area contributed by atoms with Gasteiger partial charge in [-0.3, -0.25) is 4.79 Å². The van der Waals surface area contributed by atoms with E-state index in [9.17, 15) is 13.2 Å². The molecule has 3 N–H and O–H groups in total. The lowest BCUT2D eigenvalue weighted by atomic mass is 9.80. The van der Waals surface area contributed by atoms with E-state index in [4.69, 9.17) is 21.5 Å². The van der Waals surface area contributed by atoms with Gasteiger partial charge in [-0.15, -0.1) is 0 Å². The van der Waals surface area contributed by atoms with Crippen molar-refractivity contribution in [3.05, 3.63) is 28.8 Å². The van der Waals surface area contributed by atoms with Crippen LogP contribution in [0.1, 0.15) is 29.6 Å². The van der Waals surface area contributed by atoms with E-state index < -0.39 is 15.9 Å². The number of hydrogen-bond donors (Lipinski definition) is 2. The molecule has 1 aromatic carbocycles. The Kier molecular flexibility index (Phi) is 4.57. The zero-order valence-corrected chi connectivity index (χ0v) is 13.1. The molecule has 8 heteroatoms. The number of rotatable bonds is 5. The minimum atomic E-state index is -3.88. The Bertz CT molecular complexity index is 651. The maximum atomic E-state index is 12.2. The normalized spacial score (nSPS) is 17.1. The summed E-state index contributed by atoms with van der Waals surface area (Å²) in [7, 11) is -2.27. The fraction of sp³-hybridized carbons (Fsp3) is 0.462. The lowest BCUT2D eigenvalue weighted by Gasteiger charge is -2.40. The highest BCUT2D eigenvalue weighted by molar-refractivity contribution is 7.89. The first-order valence-electron chi connectivity index (χ1n) is 6.43. The summed E-state index contributed by atoms with van der Waals surface area (Å²) in [4.78, 5) is 12.0. The van der Waals surface area contributed by atoms with Crippen molar-refractivity contribution in [2.45, 2.75) is 29.8 Å². The molecule has 1 aliphatic carbocycles. The first kappa shape index (κ1) is 16.2. The minimum absolute atomic E-state index is 0.0776. The lowest BCUT2D eigenvalue weighted by molar-refractivity contribution is -0.0679. The zero-order chi connectivity index (χ0) is 15.7. The van der Waals surface area contributed by atoms with Crippen LogP contribution in [-0.2, 0) is 14.8 Å². The molecule has 0 unspecified atom stereocenters. The van der Waals surface area contributed by atoms with Crippen LogP contribution in [0.5, 0.6) is 0 Å². The number of carbonyl (C=O) groups excluding carboxylic acids is 1. The molecule has 1 amide bonds. The van der Waals surface area contributed by atoms with Crippen LogP contribution in [0.15, 0.2) is 23.1 Å². The van der Waals surface area contributed by atoms with E-state index in [2.05, 4.69) is 5.32 Å². The average molecular weight is 333 g/mol. The Morgan fingerprint density at radius 1 is 1.48 bits per heavy atom. The van der Waals surface area contributed by atoms with Crippen molar-refractivity contribution in [3.63, 3.8) is 0 Å². The predicted molar refractivity (Wildman–Crippen MR) is 78.7 cm³/mol. The van der Waals surface area contributed by atoms with E-state index in [0.29, 0.717) is 6.54 Å². The van der Waals surface area contributed by atoms with Crippen LogP contribution in [0.2, 0.25) is 5.02 Å². The zero-order valence-electron chi connectivity index (χ0n) is 11.6. The number of methoxy groups -OCH3 is 1. The second-order valence-electron chi connectivity index (χ2n) is 5.11. The summed E-state index contributed by atoms with van der Waals surface area (Å²) in [6, 6.07) is 3.77. The summed E-state index contributed by atoms with van der Waals surface area (Å²) >= 11 is 5.95. The summed E-state index contributed by atoms with van der Waals surface area (Å²) in [6.07, 6.45) is 2.83. The maximum Gasteiger partial charge on any atom is 0.252 e. The number of hydrogen-bond acceptors (Lipinski definition) is 4. The van der Waals surface area contributed by atoms with Gasteiger partial charge in [0.2, 0.25) is 10.0 Å². The molecule has 0 spiro atoms. The molecule has 0 atom stereocenters. The van der Waals surface area contributed by atoms with Crippen LogP contribution >= 0.6 is 11.6 Å². The first-order chi connectivity index (χ1) is 9.77. The van der Waals surface area contributed by atoms with E-state index in [0.717, 1.165) is 19.3 Å². The second-order valence-corrected chi connectivity index (χ2v) is 7.08. The molecule has 1 saturated carbocycles. The number of ether oxygens (including phenoxy) is 1. The minimum Gasteiger partial charge on any atom is -0.376 e.